The lowest BCUT2D eigenvalue weighted by Gasteiger charge is -2.28. The molecule has 1 saturated heterocycles. The molecule has 1 unspecified atom stereocenters. The summed E-state index contributed by atoms with van der Waals surface area (Å²) in [5.74, 6) is 0.676. The molecule has 1 aliphatic rings. The number of amides is 1. The summed E-state index contributed by atoms with van der Waals surface area (Å²) in [5.41, 5.74) is 0.307. The summed E-state index contributed by atoms with van der Waals surface area (Å²) in [5, 5.41) is 6.65. The van der Waals surface area contributed by atoms with Gasteiger partial charge in [-0.25, -0.2) is 4.39 Å². The molecule has 0 bridgehead atoms. The Morgan fingerprint density at radius 1 is 1.38 bits per heavy atom. The first-order chi connectivity index (χ1) is 11.9. The predicted octanol–water partition coefficient (Wildman–Crippen LogP) is 2.90. The Balaban J connectivity index is 0.00000338. The van der Waals surface area contributed by atoms with Crippen molar-refractivity contribution in [3.8, 4) is 0 Å². The quantitative estimate of drug-likeness (QED) is 0.391. The number of carbonyl (C=O) groups excluding carboxylic acids is 1. The zero-order valence-electron chi connectivity index (χ0n) is 16.0. The Bertz CT molecular complexity index is 636. The molecule has 0 aliphatic carbocycles. The van der Waals surface area contributed by atoms with Crippen LogP contribution in [0.1, 0.15) is 39.2 Å². The molecule has 146 valence electrons. The van der Waals surface area contributed by atoms with Crippen LogP contribution in [0.5, 0.6) is 0 Å². The number of rotatable bonds is 5. The molecule has 1 aliphatic heterocycles. The van der Waals surface area contributed by atoms with Crippen LogP contribution in [-0.2, 0) is 10.2 Å². The van der Waals surface area contributed by atoms with Crippen LogP contribution in [-0.4, -0.2) is 49.5 Å². The van der Waals surface area contributed by atoms with Crippen LogP contribution in [0.15, 0.2) is 29.3 Å². The molecule has 2 N–H and O–H groups in total. The highest BCUT2D eigenvalue weighted by Gasteiger charge is 2.27. The van der Waals surface area contributed by atoms with E-state index in [1.165, 1.54) is 6.07 Å². The van der Waals surface area contributed by atoms with Gasteiger partial charge < -0.3 is 15.5 Å². The summed E-state index contributed by atoms with van der Waals surface area (Å²) < 4.78 is 14.1. The van der Waals surface area contributed by atoms with Crippen LogP contribution >= 0.6 is 24.0 Å². The maximum absolute atomic E-state index is 14.1. The number of hydrogen-bond donors (Lipinski definition) is 2. The van der Waals surface area contributed by atoms with Crippen LogP contribution in [0.3, 0.4) is 0 Å². The Kier molecular flexibility index (Phi) is 8.79. The number of aliphatic imine (C=N–C) groups is 1. The summed E-state index contributed by atoms with van der Waals surface area (Å²) in [7, 11) is 1.72. The van der Waals surface area contributed by atoms with Crippen LogP contribution in [0.2, 0.25) is 0 Å². The van der Waals surface area contributed by atoms with Gasteiger partial charge in [0.1, 0.15) is 5.82 Å². The number of hydrogen-bond acceptors (Lipinski definition) is 2. The van der Waals surface area contributed by atoms with E-state index in [1.807, 2.05) is 37.8 Å². The first kappa shape index (κ1) is 22.7. The van der Waals surface area contributed by atoms with Crippen LogP contribution in [0.25, 0.3) is 0 Å². The van der Waals surface area contributed by atoms with Crippen molar-refractivity contribution in [1.29, 1.82) is 0 Å². The van der Waals surface area contributed by atoms with E-state index in [0.717, 1.165) is 13.0 Å². The molecule has 5 nitrogen and oxygen atoms in total. The van der Waals surface area contributed by atoms with E-state index < -0.39 is 0 Å². The van der Waals surface area contributed by atoms with Crippen molar-refractivity contribution in [3.63, 3.8) is 0 Å². The molecule has 0 aromatic heterocycles. The van der Waals surface area contributed by atoms with E-state index in [9.17, 15) is 9.18 Å². The van der Waals surface area contributed by atoms with Crippen molar-refractivity contribution in [1.82, 2.24) is 15.5 Å². The lowest BCUT2D eigenvalue weighted by Crippen LogP contribution is -2.48. The number of halogens is 2. The second-order valence-electron chi connectivity index (χ2n) is 7.11. The summed E-state index contributed by atoms with van der Waals surface area (Å²) in [6, 6.07) is 7.05. The van der Waals surface area contributed by atoms with Crippen molar-refractivity contribution in [2.45, 2.75) is 45.1 Å². The number of carbonyl (C=O) groups is 1. The predicted molar refractivity (Wildman–Crippen MR) is 115 cm³/mol. The SMILES string of the molecule is CCC(=O)N1CCC(NC(=NC)NCC(C)(C)c2ccccc2F)C1.I. The minimum atomic E-state index is -0.372. The van der Waals surface area contributed by atoms with Crippen LogP contribution in [0, 0.1) is 5.82 Å². The fraction of sp³-hybridized carbons (Fsp3) is 0.579. The topological polar surface area (TPSA) is 56.7 Å². The van der Waals surface area contributed by atoms with Gasteiger partial charge in [0.15, 0.2) is 5.96 Å². The summed E-state index contributed by atoms with van der Waals surface area (Å²) in [6.45, 7) is 7.92. The molecule has 1 fully saturated rings. The highest BCUT2D eigenvalue weighted by Crippen LogP contribution is 2.24. The van der Waals surface area contributed by atoms with E-state index in [2.05, 4.69) is 15.6 Å². The minimum Gasteiger partial charge on any atom is -0.356 e. The molecular weight excluding hydrogens is 446 g/mol. The summed E-state index contributed by atoms with van der Waals surface area (Å²) in [6.07, 6.45) is 1.44. The van der Waals surface area contributed by atoms with Crippen LogP contribution < -0.4 is 10.6 Å². The lowest BCUT2D eigenvalue weighted by atomic mass is 9.84. The first-order valence-corrected chi connectivity index (χ1v) is 8.87. The van der Waals surface area contributed by atoms with Crippen molar-refractivity contribution >= 4 is 35.8 Å². The Morgan fingerprint density at radius 3 is 2.69 bits per heavy atom. The fourth-order valence-electron chi connectivity index (χ4n) is 3.13. The number of likely N-dealkylation sites (tertiary alicyclic amines) is 1. The van der Waals surface area contributed by atoms with Gasteiger partial charge in [0.25, 0.3) is 0 Å². The largest absolute Gasteiger partial charge is 0.356 e. The van der Waals surface area contributed by atoms with Gasteiger partial charge in [-0.15, -0.1) is 24.0 Å². The maximum Gasteiger partial charge on any atom is 0.222 e. The highest BCUT2D eigenvalue weighted by molar-refractivity contribution is 14.0. The third kappa shape index (κ3) is 5.82. The third-order valence-electron chi connectivity index (χ3n) is 4.71. The normalized spacial score (nSPS) is 17.7. The number of benzene rings is 1. The fourth-order valence-corrected chi connectivity index (χ4v) is 3.13. The highest BCUT2D eigenvalue weighted by atomic mass is 127. The lowest BCUT2D eigenvalue weighted by molar-refractivity contribution is -0.129. The number of guanidine groups is 1. The van der Waals surface area contributed by atoms with Gasteiger partial charge >= 0.3 is 0 Å². The van der Waals surface area contributed by atoms with Gasteiger partial charge in [-0.05, 0) is 18.1 Å². The Morgan fingerprint density at radius 2 is 2.08 bits per heavy atom. The van der Waals surface area contributed by atoms with Crippen molar-refractivity contribution < 1.29 is 9.18 Å². The summed E-state index contributed by atoms with van der Waals surface area (Å²) in [4.78, 5) is 17.9. The Labute approximate surface area is 172 Å². The van der Waals surface area contributed by atoms with Gasteiger partial charge in [-0.2, -0.15) is 0 Å². The molecule has 1 heterocycles. The molecule has 7 heteroatoms. The smallest absolute Gasteiger partial charge is 0.222 e. The minimum absolute atomic E-state index is 0. The molecule has 2 rings (SSSR count). The molecule has 26 heavy (non-hydrogen) atoms. The van der Waals surface area contributed by atoms with E-state index in [-0.39, 0.29) is 47.2 Å². The molecular formula is C19H30FIN4O. The molecule has 1 aromatic carbocycles. The molecule has 0 saturated carbocycles. The monoisotopic (exact) mass is 476 g/mol. The molecule has 1 amide bonds. The number of nitrogens with one attached hydrogen (secondary N) is 2. The van der Waals surface area contributed by atoms with E-state index >= 15 is 0 Å². The maximum atomic E-state index is 14.1. The zero-order chi connectivity index (χ0) is 18.4. The molecule has 0 spiro atoms. The van der Waals surface area contributed by atoms with Crippen molar-refractivity contribution in [2.24, 2.45) is 4.99 Å². The van der Waals surface area contributed by atoms with Crippen molar-refractivity contribution in [2.75, 3.05) is 26.7 Å². The molecule has 1 aromatic rings. The average molecular weight is 476 g/mol. The Hall–Kier alpha value is -1.38. The van der Waals surface area contributed by atoms with Gasteiger partial charge in [0.2, 0.25) is 5.91 Å². The molecule has 0 radical (unpaired) electrons. The van der Waals surface area contributed by atoms with Gasteiger partial charge in [0.05, 0.1) is 0 Å². The second-order valence-corrected chi connectivity index (χ2v) is 7.11. The average Bonchev–Trinajstić information content (AvgIpc) is 3.06. The standard InChI is InChI=1S/C19H29FN4O.HI/c1-5-17(25)24-11-10-14(12-24)23-18(21-4)22-13-19(2,3)15-8-6-7-9-16(15)20;/h6-9,14H,5,10-13H2,1-4H3,(H2,21,22,23);1H. The second kappa shape index (κ2) is 10.1. The zero-order valence-corrected chi connectivity index (χ0v) is 18.3. The van der Waals surface area contributed by atoms with E-state index in [1.54, 1.807) is 13.1 Å². The van der Waals surface area contributed by atoms with Gasteiger partial charge in [-0.3, -0.25) is 9.79 Å². The van der Waals surface area contributed by atoms with E-state index in [4.69, 9.17) is 0 Å². The first-order valence-electron chi connectivity index (χ1n) is 8.87. The van der Waals surface area contributed by atoms with Gasteiger partial charge in [-0.1, -0.05) is 39.0 Å². The number of nitrogens with zero attached hydrogens (tertiary/aromatic N) is 2. The molecule has 1 atom stereocenters. The van der Waals surface area contributed by atoms with E-state index in [0.29, 0.717) is 31.0 Å². The van der Waals surface area contributed by atoms with Gasteiger partial charge in [0, 0.05) is 44.6 Å². The third-order valence-corrected chi connectivity index (χ3v) is 4.71. The van der Waals surface area contributed by atoms with Crippen molar-refractivity contribution in [3.05, 3.63) is 35.6 Å². The summed E-state index contributed by atoms with van der Waals surface area (Å²) >= 11 is 0. The van der Waals surface area contributed by atoms with Crippen LogP contribution in [0.4, 0.5) is 4.39 Å².